The van der Waals surface area contributed by atoms with E-state index in [4.69, 9.17) is 4.74 Å². The summed E-state index contributed by atoms with van der Waals surface area (Å²) in [5.41, 5.74) is 0.662. The van der Waals surface area contributed by atoms with Crippen molar-refractivity contribution in [3.8, 4) is 5.75 Å². The Hall–Kier alpha value is -2.61. The maximum absolute atomic E-state index is 12.6. The minimum Gasteiger partial charge on any atom is -0.495 e. The molecule has 1 saturated carbocycles. The zero-order chi connectivity index (χ0) is 20.6. The summed E-state index contributed by atoms with van der Waals surface area (Å²) in [5.74, 6) is 0.183. The van der Waals surface area contributed by atoms with E-state index >= 15 is 0 Å². The van der Waals surface area contributed by atoms with E-state index in [0.717, 1.165) is 25.7 Å². The molecule has 3 rings (SSSR count). The van der Waals surface area contributed by atoms with Gasteiger partial charge in [-0.3, -0.25) is 19.8 Å². The third-order valence-electron chi connectivity index (χ3n) is 5.63. The second-order valence-electron chi connectivity index (χ2n) is 7.74. The second kappa shape index (κ2) is 10.2. The second-order valence-corrected chi connectivity index (χ2v) is 7.74. The minimum absolute atomic E-state index is 0.0328. The number of benzene rings is 1. The SMILES string of the molecule is COc1ccccc1NC(=O)C1CCN(CC(=O)NC(=O)NC2CCCC2)CC1. The summed E-state index contributed by atoms with van der Waals surface area (Å²) in [5, 5.41) is 8.19. The lowest BCUT2D eigenvalue weighted by atomic mass is 9.95. The molecule has 0 atom stereocenters. The molecule has 0 aromatic heterocycles. The van der Waals surface area contributed by atoms with Crippen molar-refractivity contribution in [3.05, 3.63) is 24.3 Å². The average molecular weight is 402 g/mol. The van der Waals surface area contributed by atoms with Crippen LogP contribution in [0.3, 0.4) is 0 Å². The van der Waals surface area contributed by atoms with Crippen molar-refractivity contribution in [1.29, 1.82) is 0 Å². The molecule has 0 spiro atoms. The number of imide groups is 1. The van der Waals surface area contributed by atoms with E-state index in [1.54, 1.807) is 13.2 Å². The fourth-order valence-electron chi connectivity index (χ4n) is 4.00. The van der Waals surface area contributed by atoms with Crippen LogP contribution >= 0.6 is 0 Å². The molecular weight excluding hydrogens is 372 g/mol. The lowest BCUT2D eigenvalue weighted by Gasteiger charge is -2.30. The Balaban J connectivity index is 1.38. The van der Waals surface area contributed by atoms with Gasteiger partial charge < -0.3 is 15.4 Å². The molecule has 1 aromatic rings. The predicted octanol–water partition coefficient (Wildman–Crippen LogP) is 2.11. The number of nitrogens with zero attached hydrogens (tertiary/aromatic N) is 1. The van der Waals surface area contributed by atoms with E-state index in [1.807, 2.05) is 23.1 Å². The van der Waals surface area contributed by atoms with Gasteiger partial charge in [0.1, 0.15) is 5.75 Å². The summed E-state index contributed by atoms with van der Waals surface area (Å²) < 4.78 is 5.27. The first kappa shape index (κ1) is 21.1. The number of carbonyl (C=O) groups is 3. The number of carbonyl (C=O) groups excluding carboxylic acids is 3. The maximum Gasteiger partial charge on any atom is 0.321 e. The zero-order valence-electron chi connectivity index (χ0n) is 16.9. The molecule has 3 N–H and O–H groups in total. The van der Waals surface area contributed by atoms with Gasteiger partial charge in [-0.1, -0.05) is 25.0 Å². The van der Waals surface area contributed by atoms with E-state index in [2.05, 4.69) is 16.0 Å². The predicted molar refractivity (Wildman–Crippen MR) is 110 cm³/mol. The van der Waals surface area contributed by atoms with Crippen molar-refractivity contribution >= 4 is 23.5 Å². The fourth-order valence-corrected chi connectivity index (χ4v) is 4.00. The van der Waals surface area contributed by atoms with Crippen LogP contribution in [-0.2, 0) is 9.59 Å². The van der Waals surface area contributed by atoms with Crippen LogP contribution in [0.4, 0.5) is 10.5 Å². The molecule has 2 fully saturated rings. The third-order valence-corrected chi connectivity index (χ3v) is 5.63. The van der Waals surface area contributed by atoms with Crippen LogP contribution in [0.25, 0.3) is 0 Å². The molecule has 8 heteroatoms. The van der Waals surface area contributed by atoms with Gasteiger partial charge in [0.05, 0.1) is 19.3 Å². The van der Waals surface area contributed by atoms with Gasteiger partial charge >= 0.3 is 6.03 Å². The summed E-state index contributed by atoms with van der Waals surface area (Å²) >= 11 is 0. The lowest BCUT2D eigenvalue weighted by molar-refractivity contribution is -0.122. The normalized spacial score (nSPS) is 18.2. The minimum atomic E-state index is -0.409. The number of hydrogen-bond acceptors (Lipinski definition) is 5. The van der Waals surface area contributed by atoms with Gasteiger partial charge in [-0.05, 0) is 50.9 Å². The smallest absolute Gasteiger partial charge is 0.321 e. The number of para-hydroxylation sites is 2. The molecule has 1 saturated heterocycles. The van der Waals surface area contributed by atoms with Gasteiger partial charge in [0.15, 0.2) is 0 Å². The fraction of sp³-hybridized carbons (Fsp3) is 0.571. The Morgan fingerprint density at radius 1 is 1.07 bits per heavy atom. The Kier molecular flexibility index (Phi) is 7.46. The molecule has 0 bridgehead atoms. The Morgan fingerprint density at radius 3 is 2.45 bits per heavy atom. The standard InChI is InChI=1S/C21H30N4O4/c1-29-18-9-5-4-8-17(18)23-20(27)15-10-12-25(13-11-15)14-19(26)24-21(28)22-16-6-2-3-7-16/h4-5,8-9,15-16H,2-3,6-7,10-14H2,1H3,(H,23,27)(H2,22,24,26,28). The third kappa shape index (κ3) is 6.19. The molecule has 8 nitrogen and oxygen atoms in total. The van der Waals surface area contributed by atoms with Gasteiger partial charge in [-0.15, -0.1) is 0 Å². The highest BCUT2D eigenvalue weighted by Gasteiger charge is 2.27. The van der Waals surface area contributed by atoms with Gasteiger partial charge in [-0.2, -0.15) is 0 Å². The number of piperidine rings is 1. The summed E-state index contributed by atoms with van der Waals surface area (Å²) in [6, 6.07) is 7.09. The van der Waals surface area contributed by atoms with Crippen molar-refractivity contribution in [2.75, 3.05) is 32.1 Å². The average Bonchev–Trinajstić information content (AvgIpc) is 3.21. The first-order valence-electron chi connectivity index (χ1n) is 10.3. The number of urea groups is 1. The van der Waals surface area contributed by atoms with Crippen molar-refractivity contribution in [2.24, 2.45) is 5.92 Å². The Bertz CT molecular complexity index is 725. The summed E-state index contributed by atoms with van der Waals surface area (Å²) in [7, 11) is 1.57. The van der Waals surface area contributed by atoms with Crippen LogP contribution in [0.1, 0.15) is 38.5 Å². The van der Waals surface area contributed by atoms with Gasteiger partial charge in [0.2, 0.25) is 11.8 Å². The number of likely N-dealkylation sites (tertiary alicyclic amines) is 1. The van der Waals surface area contributed by atoms with Crippen molar-refractivity contribution in [2.45, 2.75) is 44.6 Å². The van der Waals surface area contributed by atoms with Crippen LogP contribution in [-0.4, -0.2) is 55.5 Å². The van der Waals surface area contributed by atoms with E-state index in [9.17, 15) is 14.4 Å². The molecule has 4 amide bonds. The largest absolute Gasteiger partial charge is 0.495 e. The van der Waals surface area contributed by atoms with Crippen molar-refractivity contribution in [1.82, 2.24) is 15.5 Å². The van der Waals surface area contributed by atoms with Crippen LogP contribution in [0, 0.1) is 5.92 Å². The van der Waals surface area contributed by atoms with E-state index in [-0.39, 0.29) is 30.3 Å². The maximum atomic E-state index is 12.6. The molecule has 0 radical (unpaired) electrons. The monoisotopic (exact) mass is 402 g/mol. The summed E-state index contributed by atoms with van der Waals surface area (Å²) in [4.78, 5) is 38.5. The van der Waals surface area contributed by atoms with Crippen molar-refractivity contribution < 1.29 is 19.1 Å². The lowest BCUT2D eigenvalue weighted by Crippen LogP contribution is -2.48. The molecule has 1 heterocycles. The van der Waals surface area contributed by atoms with Crippen LogP contribution in [0.5, 0.6) is 5.75 Å². The molecule has 0 unspecified atom stereocenters. The van der Waals surface area contributed by atoms with E-state index in [0.29, 0.717) is 37.4 Å². The van der Waals surface area contributed by atoms with Gasteiger partial charge in [0, 0.05) is 12.0 Å². The highest BCUT2D eigenvalue weighted by molar-refractivity contribution is 5.95. The van der Waals surface area contributed by atoms with Crippen LogP contribution in [0.15, 0.2) is 24.3 Å². The number of ether oxygens (including phenoxy) is 1. The Labute approximate surface area is 171 Å². The molecule has 2 aliphatic rings. The van der Waals surface area contributed by atoms with Crippen LogP contribution in [0.2, 0.25) is 0 Å². The summed E-state index contributed by atoms with van der Waals surface area (Å²) in [6.45, 7) is 1.45. The number of amides is 4. The van der Waals surface area contributed by atoms with E-state index in [1.165, 1.54) is 0 Å². The molecule has 1 aromatic carbocycles. The number of nitrogens with one attached hydrogen (secondary N) is 3. The Morgan fingerprint density at radius 2 is 1.76 bits per heavy atom. The van der Waals surface area contributed by atoms with Gasteiger partial charge in [-0.25, -0.2) is 4.79 Å². The number of rotatable bonds is 6. The van der Waals surface area contributed by atoms with Gasteiger partial charge in [0.25, 0.3) is 0 Å². The highest BCUT2D eigenvalue weighted by atomic mass is 16.5. The molecule has 29 heavy (non-hydrogen) atoms. The molecule has 1 aliphatic carbocycles. The number of anilines is 1. The first-order chi connectivity index (χ1) is 14.0. The first-order valence-corrected chi connectivity index (χ1v) is 10.3. The van der Waals surface area contributed by atoms with E-state index < -0.39 is 6.03 Å². The quantitative estimate of drug-likeness (QED) is 0.677. The zero-order valence-corrected chi connectivity index (χ0v) is 16.9. The number of hydrogen-bond donors (Lipinski definition) is 3. The van der Waals surface area contributed by atoms with Crippen molar-refractivity contribution in [3.63, 3.8) is 0 Å². The van der Waals surface area contributed by atoms with Crippen LogP contribution < -0.4 is 20.7 Å². The highest BCUT2D eigenvalue weighted by Crippen LogP contribution is 2.25. The topological polar surface area (TPSA) is 99.8 Å². The summed E-state index contributed by atoms with van der Waals surface area (Å²) in [6.07, 6.45) is 5.54. The molecular formula is C21H30N4O4. The molecule has 1 aliphatic heterocycles. The molecule has 158 valence electrons. The number of methoxy groups -OCH3 is 1.